The number of hydrogen-bond donors (Lipinski definition) is 1. The van der Waals surface area contributed by atoms with Crippen molar-refractivity contribution in [2.24, 2.45) is 0 Å². The monoisotopic (exact) mass is 438 g/mol. The van der Waals surface area contributed by atoms with Crippen LogP contribution in [0.5, 0.6) is 0 Å². The zero-order valence-electron chi connectivity index (χ0n) is 15.6. The summed E-state index contributed by atoms with van der Waals surface area (Å²) in [5.41, 5.74) is 1.67. The molecule has 0 spiro atoms. The van der Waals surface area contributed by atoms with Gasteiger partial charge in [0.05, 0.1) is 11.4 Å². The molecule has 0 fully saturated rings. The maximum atomic E-state index is 12.6. The molecule has 3 aromatic rings. The van der Waals surface area contributed by atoms with E-state index in [1.165, 1.54) is 11.0 Å². The number of nitrogens with zero attached hydrogens (tertiary/aromatic N) is 3. The van der Waals surface area contributed by atoms with Crippen LogP contribution < -0.4 is 4.72 Å². The molecule has 3 rings (SSSR count). The van der Waals surface area contributed by atoms with Crippen LogP contribution in [0, 0.1) is 0 Å². The molecule has 6 nitrogen and oxygen atoms in total. The largest absolute Gasteiger partial charge is 0.264 e. The Morgan fingerprint density at radius 3 is 2.21 bits per heavy atom. The molecule has 0 amide bonds. The van der Waals surface area contributed by atoms with E-state index in [1.807, 2.05) is 0 Å². The second-order valence-corrected chi connectivity index (χ2v) is 9.84. The van der Waals surface area contributed by atoms with E-state index in [0.717, 1.165) is 5.56 Å². The fourth-order valence-corrected chi connectivity index (χ4v) is 4.04. The van der Waals surface area contributed by atoms with E-state index in [2.05, 4.69) is 35.6 Å². The van der Waals surface area contributed by atoms with Gasteiger partial charge in [-0.1, -0.05) is 62.2 Å². The van der Waals surface area contributed by atoms with Crippen LogP contribution >= 0.6 is 23.2 Å². The van der Waals surface area contributed by atoms with E-state index in [9.17, 15) is 8.42 Å². The predicted molar refractivity (Wildman–Crippen MR) is 112 cm³/mol. The van der Waals surface area contributed by atoms with E-state index in [0.29, 0.717) is 15.6 Å². The van der Waals surface area contributed by atoms with Gasteiger partial charge >= 0.3 is 0 Å². The molecule has 0 saturated carbocycles. The van der Waals surface area contributed by atoms with Crippen molar-refractivity contribution in [2.45, 2.75) is 37.6 Å². The number of hydrogen-bond acceptors (Lipinski definition) is 4. The van der Waals surface area contributed by atoms with Crippen molar-refractivity contribution in [2.75, 3.05) is 4.72 Å². The SMILES string of the molecule is CC(C)(C)c1ccc(S(=O)(=O)Nc2ncn(Cc3c(Cl)cccc3Cl)n2)cc1. The minimum atomic E-state index is -3.79. The molecule has 0 atom stereocenters. The maximum absolute atomic E-state index is 12.6. The Morgan fingerprint density at radius 1 is 1.04 bits per heavy atom. The molecule has 0 radical (unpaired) electrons. The van der Waals surface area contributed by atoms with Gasteiger partial charge in [0.2, 0.25) is 0 Å². The van der Waals surface area contributed by atoms with Gasteiger partial charge in [0.15, 0.2) is 0 Å². The Bertz CT molecular complexity index is 1070. The summed E-state index contributed by atoms with van der Waals surface area (Å²) in [6.45, 7) is 6.47. The molecule has 0 bridgehead atoms. The third-order valence-electron chi connectivity index (χ3n) is 4.17. The van der Waals surface area contributed by atoms with Gasteiger partial charge in [0.1, 0.15) is 6.33 Å². The summed E-state index contributed by atoms with van der Waals surface area (Å²) in [6, 6.07) is 12.0. The van der Waals surface area contributed by atoms with Gasteiger partial charge in [0.25, 0.3) is 16.0 Å². The van der Waals surface area contributed by atoms with E-state index >= 15 is 0 Å². The first kappa shape index (κ1) is 20.6. The van der Waals surface area contributed by atoms with Gasteiger partial charge < -0.3 is 0 Å². The number of sulfonamides is 1. The number of nitrogens with one attached hydrogen (secondary N) is 1. The van der Waals surface area contributed by atoms with Crippen LogP contribution in [0.3, 0.4) is 0 Å². The van der Waals surface area contributed by atoms with Crippen molar-refractivity contribution >= 4 is 39.2 Å². The fraction of sp³-hybridized carbons (Fsp3) is 0.263. The summed E-state index contributed by atoms with van der Waals surface area (Å²) in [4.78, 5) is 4.16. The number of benzene rings is 2. The van der Waals surface area contributed by atoms with Gasteiger partial charge in [-0.3, -0.25) is 0 Å². The second-order valence-electron chi connectivity index (χ2n) is 7.35. The minimum Gasteiger partial charge on any atom is -0.246 e. The van der Waals surface area contributed by atoms with Crippen molar-refractivity contribution in [3.05, 3.63) is 70.0 Å². The van der Waals surface area contributed by atoms with Crippen LogP contribution in [0.15, 0.2) is 53.7 Å². The van der Waals surface area contributed by atoms with Crippen LogP contribution in [0.1, 0.15) is 31.9 Å². The van der Waals surface area contributed by atoms with Gasteiger partial charge in [-0.15, -0.1) is 5.10 Å². The Kier molecular flexibility index (Phi) is 5.70. The molecule has 1 aromatic heterocycles. The lowest BCUT2D eigenvalue weighted by molar-refractivity contribution is 0.587. The molecule has 2 aromatic carbocycles. The van der Waals surface area contributed by atoms with Crippen molar-refractivity contribution in [1.82, 2.24) is 14.8 Å². The normalized spacial score (nSPS) is 12.2. The van der Waals surface area contributed by atoms with E-state index in [4.69, 9.17) is 23.2 Å². The lowest BCUT2D eigenvalue weighted by Crippen LogP contribution is -2.16. The molecule has 28 heavy (non-hydrogen) atoms. The van der Waals surface area contributed by atoms with Crippen LogP contribution in [-0.4, -0.2) is 23.2 Å². The highest BCUT2D eigenvalue weighted by Crippen LogP contribution is 2.26. The lowest BCUT2D eigenvalue weighted by atomic mass is 9.87. The van der Waals surface area contributed by atoms with Crippen LogP contribution in [-0.2, 0) is 22.0 Å². The quantitative estimate of drug-likeness (QED) is 0.624. The third kappa shape index (κ3) is 4.66. The number of halogens is 2. The van der Waals surface area contributed by atoms with Gasteiger partial charge in [-0.05, 0) is 35.2 Å². The number of anilines is 1. The highest BCUT2D eigenvalue weighted by molar-refractivity contribution is 7.92. The molecule has 9 heteroatoms. The zero-order valence-corrected chi connectivity index (χ0v) is 18.0. The summed E-state index contributed by atoms with van der Waals surface area (Å²) in [5, 5.41) is 5.16. The number of rotatable bonds is 5. The lowest BCUT2D eigenvalue weighted by Gasteiger charge is -2.19. The van der Waals surface area contributed by atoms with Crippen LogP contribution in [0.4, 0.5) is 5.95 Å². The first-order valence-corrected chi connectivity index (χ1v) is 10.8. The summed E-state index contributed by atoms with van der Waals surface area (Å²) < 4.78 is 29.0. The first-order chi connectivity index (χ1) is 13.1. The summed E-state index contributed by atoms with van der Waals surface area (Å²) in [7, 11) is -3.79. The van der Waals surface area contributed by atoms with E-state index in [-0.39, 0.29) is 22.8 Å². The van der Waals surface area contributed by atoms with Crippen LogP contribution in [0.25, 0.3) is 0 Å². The molecule has 148 valence electrons. The summed E-state index contributed by atoms with van der Waals surface area (Å²) in [5.74, 6) is -0.0249. The Morgan fingerprint density at radius 2 is 1.64 bits per heavy atom. The molecule has 0 aliphatic carbocycles. The average molecular weight is 439 g/mol. The fourth-order valence-electron chi connectivity index (χ4n) is 2.58. The van der Waals surface area contributed by atoms with Gasteiger partial charge in [-0.25, -0.2) is 17.8 Å². The summed E-state index contributed by atoms with van der Waals surface area (Å²) >= 11 is 12.3. The smallest absolute Gasteiger partial charge is 0.246 e. The highest BCUT2D eigenvalue weighted by Gasteiger charge is 2.19. The predicted octanol–water partition coefficient (Wildman–Crippen LogP) is 4.73. The zero-order chi connectivity index (χ0) is 20.5. The summed E-state index contributed by atoms with van der Waals surface area (Å²) in [6.07, 6.45) is 1.42. The maximum Gasteiger partial charge on any atom is 0.264 e. The Balaban J connectivity index is 1.77. The molecule has 0 aliphatic rings. The molecule has 1 heterocycles. The molecule has 0 saturated heterocycles. The topological polar surface area (TPSA) is 76.9 Å². The minimum absolute atomic E-state index is 0.0249. The van der Waals surface area contributed by atoms with E-state index < -0.39 is 10.0 Å². The number of aromatic nitrogens is 3. The molecular formula is C19H20Cl2N4O2S. The first-order valence-electron chi connectivity index (χ1n) is 8.52. The molecule has 0 aliphatic heterocycles. The van der Waals surface area contributed by atoms with Crippen molar-refractivity contribution in [3.63, 3.8) is 0 Å². The van der Waals surface area contributed by atoms with Gasteiger partial charge in [-0.2, -0.15) is 4.98 Å². The van der Waals surface area contributed by atoms with Crippen molar-refractivity contribution in [1.29, 1.82) is 0 Å². The molecule has 0 unspecified atom stereocenters. The van der Waals surface area contributed by atoms with E-state index in [1.54, 1.807) is 42.5 Å². The second kappa shape index (κ2) is 7.73. The van der Waals surface area contributed by atoms with Crippen molar-refractivity contribution < 1.29 is 8.42 Å². The molecular weight excluding hydrogens is 419 g/mol. The average Bonchev–Trinajstić information content (AvgIpc) is 3.04. The Labute approximate surface area is 174 Å². The van der Waals surface area contributed by atoms with Gasteiger partial charge in [0, 0.05) is 15.6 Å². The van der Waals surface area contributed by atoms with Crippen LogP contribution in [0.2, 0.25) is 10.0 Å². The Hall–Kier alpha value is -2.09. The molecule has 1 N–H and O–H groups in total. The van der Waals surface area contributed by atoms with Crippen molar-refractivity contribution in [3.8, 4) is 0 Å². The highest BCUT2D eigenvalue weighted by atomic mass is 35.5. The third-order valence-corrected chi connectivity index (χ3v) is 6.23. The standard InChI is InChI=1S/C19H20Cl2N4O2S/c1-19(2,3)13-7-9-14(10-8-13)28(26,27)24-18-22-12-25(23-18)11-15-16(20)5-4-6-17(15)21/h4-10,12H,11H2,1-3H3,(H,23,24).